The molecule has 1 aliphatic carbocycles. The molecule has 230 valence electrons. The van der Waals surface area contributed by atoms with E-state index < -0.39 is 53.7 Å². The van der Waals surface area contributed by atoms with Crippen LogP contribution in [0.2, 0.25) is 0 Å². The van der Waals surface area contributed by atoms with Crippen LogP contribution in [0.4, 0.5) is 22.8 Å². The summed E-state index contributed by atoms with van der Waals surface area (Å²) >= 11 is 0. The smallest absolute Gasteiger partial charge is 0.419 e. The normalized spacial score (nSPS) is 25.7. The van der Waals surface area contributed by atoms with Crippen LogP contribution >= 0.6 is 0 Å². The number of hydrogen-bond acceptors (Lipinski definition) is 8. The molecular weight excluding hydrogens is 571 g/mol. The Morgan fingerprint density at radius 1 is 0.930 bits per heavy atom. The van der Waals surface area contributed by atoms with Crippen LogP contribution in [-0.2, 0) is 19.0 Å². The molecule has 2 aromatic carbocycles. The molecule has 3 aliphatic rings. The molecule has 0 radical (unpaired) electrons. The summed E-state index contributed by atoms with van der Waals surface area (Å²) in [6.07, 6.45) is 1.19. The van der Waals surface area contributed by atoms with Gasteiger partial charge in [0.05, 0.1) is 19.8 Å². The van der Waals surface area contributed by atoms with E-state index in [1.807, 2.05) is 0 Å². The lowest BCUT2D eigenvalue weighted by Gasteiger charge is -2.35. The molecule has 2 saturated heterocycles. The Hall–Kier alpha value is -4.13. The van der Waals surface area contributed by atoms with Crippen LogP contribution < -0.4 is 5.32 Å². The van der Waals surface area contributed by atoms with Gasteiger partial charge in [0.15, 0.2) is 11.6 Å². The van der Waals surface area contributed by atoms with E-state index in [1.165, 1.54) is 25.3 Å². The van der Waals surface area contributed by atoms with E-state index in [9.17, 15) is 32.3 Å². The topological polar surface area (TPSA) is 114 Å². The van der Waals surface area contributed by atoms with E-state index in [0.29, 0.717) is 24.4 Å². The number of nitrogens with zero attached hydrogens (tertiary/aromatic N) is 2. The second kappa shape index (κ2) is 12.6. The van der Waals surface area contributed by atoms with Gasteiger partial charge in [-0.05, 0) is 73.4 Å². The van der Waals surface area contributed by atoms with E-state index >= 15 is 0 Å². The van der Waals surface area contributed by atoms with Crippen molar-refractivity contribution in [2.24, 2.45) is 0 Å². The second-order valence-electron chi connectivity index (χ2n) is 11.0. The Morgan fingerprint density at radius 2 is 1.67 bits per heavy atom. The summed E-state index contributed by atoms with van der Waals surface area (Å²) in [5, 5.41) is 2.83. The highest BCUT2D eigenvalue weighted by Crippen LogP contribution is 2.38. The number of esters is 2. The number of ether oxygens (including phenoxy) is 3. The average molecular weight is 604 g/mol. The van der Waals surface area contributed by atoms with Gasteiger partial charge >= 0.3 is 24.1 Å². The van der Waals surface area contributed by atoms with Crippen LogP contribution in [0.5, 0.6) is 0 Å². The van der Waals surface area contributed by atoms with Crippen LogP contribution in [0.25, 0.3) is 0 Å². The van der Waals surface area contributed by atoms with E-state index in [-0.39, 0.29) is 29.1 Å². The van der Waals surface area contributed by atoms with Crippen LogP contribution in [0.1, 0.15) is 65.5 Å². The van der Waals surface area contributed by atoms with E-state index in [4.69, 9.17) is 14.2 Å². The number of rotatable bonds is 6. The van der Waals surface area contributed by atoms with E-state index in [0.717, 1.165) is 50.5 Å². The summed E-state index contributed by atoms with van der Waals surface area (Å²) in [6, 6.07) is 4.77. The molecule has 1 saturated carbocycles. The van der Waals surface area contributed by atoms with Crippen molar-refractivity contribution in [1.29, 1.82) is 0 Å². The summed E-state index contributed by atoms with van der Waals surface area (Å²) in [5.41, 5.74) is 1.01. The van der Waals surface area contributed by atoms with Crippen molar-refractivity contribution in [1.82, 2.24) is 15.1 Å². The van der Waals surface area contributed by atoms with Gasteiger partial charge in [0.25, 0.3) is 0 Å². The number of carbonyl (C=O) groups excluding carboxylic acids is 4. The molecule has 3 atom stereocenters. The number of halogens is 3. The Bertz CT molecular complexity index is 1420. The zero-order chi connectivity index (χ0) is 30.8. The number of carbonyl (C=O) groups is 4. The SMILES string of the molecule is COC(=O)c1cc(F)ccc1C1CCC(N2CCC(NC(=O)N3C(=O)OC(C(=O)OC)C3c3ccc(F)c(F)c3)C2)CC1. The third-order valence-corrected chi connectivity index (χ3v) is 8.55. The van der Waals surface area contributed by atoms with Crippen LogP contribution in [0.15, 0.2) is 36.4 Å². The minimum Gasteiger partial charge on any atom is -0.466 e. The third kappa shape index (κ3) is 6.17. The van der Waals surface area contributed by atoms with E-state index in [1.54, 1.807) is 6.07 Å². The predicted octanol–water partition coefficient (Wildman–Crippen LogP) is 4.44. The van der Waals surface area contributed by atoms with Crippen molar-refractivity contribution in [2.45, 2.75) is 62.3 Å². The minimum absolute atomic E-state index is 0.00313. The molecule has 5 rings (SSSR count). The van der Waals surface area contributed by atoms with Gasteiger partial charge in [-0.3, -0.25) is 4.90 Å². The lowest BCUT2D eigenvalue weighted by molar-refractivity contribution is -0.150. The lowest BCUT2D eigenvalue weighted by Crippen LogP contribution is -2.48. The maximum atomic E-state index is 14.0. The number of amides is 3. The maximum Gasteiger partial charge on any atom is 0.419 e. The number of likely N-dealkylation sites (tertiary alicyclic amines) is 1. The predicted molar refractivity (Wildman–Crippen MR) is 144 cm³/mol. The molecule has 10 nitrogen and oxygen atoms in total. The van der Waals surface area contributed by atoms with Crippen LogP contribution in [0.3, 0.4) is 0 Å². The minimum atomic E-state index is -1.55. The first-order chi connectivity index (χ1) is 20.6. The Balaban J connectivity index is 1.22. The van der Waals surface area contributed by atoms with Gasteiger partial charge in [0.1, 0.15) is 11.9 Å². The molecule has 2 heterocycles. The third-order valence-electron chi connectivity index (χ3n) is 8.55. The number of hydrogen-bond donors (Lipinski definition) is 1. The first kappa shape index (κ1) is 30.3. The number of imide groups is 1. The maximum absolute atomic E-state index is 14.0. The van der Waals surface area contributed by atoms with Crippen molar-refractivity contribution in [3.8, 4) is 0 Å². The molecule has 0 spiro atoms. The molecule has 2 aliphatic heterocycles. The first-order valence-corrected chi connectivity index (χ1v) is 14.1. The Kier molecular flexibility index (Phi) is 8.90. The molecule has 43 heavy (non-hydrogen) atoms. The molecule has 3 unspecified atom stereocenters. The van der Waals surface area contributed by atoms with Gasteiger partial charge < -0.3 is 19.5 Å². The van der Waals surface area contributed by atoms with E-state index in [2.05, 4.69) is 10.2 Å². The molecule has 3 fully saturated rings. The first-order valence-electron chi connectivity index (χ1n) is 14.1. The highest BCUT2D eigenvalue weighted by Gasteiger charge is 2.51. The molecule has 0 bridgehead atoms. The lowest BCUT2D eigenvalue weighted by atomic mass is 9.79. The number of cyclic esters (lactones) is 1. The largest absolute Gasteiger partial charge is 0.466 e. The molecular formula is C30H32F3N3O7. The fraction of sp³-hybridized carbons (Fsp3) is 0.467. The van der Waals surface area contributed by atoms with Crippen LogP contribution in [0, 0.1) is 17.5 Å². The van der Waals surface area contributed by atoms with Crippen molar-refractivity contribution >= 4 is 24.1 Å². The summed E-state index contributed by atoms with van der Waals surface area (Å²) in [5.74, 6) is -4.26. The highest BCUT2D eigenvalue weighted by atomic mass is 19.2. The number of nitrogens with one attached hydrogen (secondary N) is 1. The molecule has 3 amide bonds. The summed E-state index contributed by atoms with van der Waals surface area (Å²) < 4.78 is 56.1. The highest BCUT2D eigenvalue weighted by molar-refractivity contribution is 5.96. The second-order valence-corrected chi connectivity index (χ2v) is 11.0. The number of benzene rings is 2. The molecule has 13 heteroatoms. The summed E-state index contributed by atoms with van der Waals surface area (Å²) in [7, 11) is 2.35. The molecule has 1 N–H and O–H groups in total. The standard InChI is InChI=1S/C30H32F3N3O7/c1-41-27(37)22-14-18(31)6-9-21(22)16-3-7-20(8-4-16)35-12-11-19(15-35)34-29(39)36-25(17-5-10-23(32)24(33)13-17)26(28(38)42-2)43-30(36)40/h5-6,9-10,13-14,16,19-20,25-26H,3-4,7-8,11-12,15H2,1-2H3,(H,34,39). The molecule has 2 aromatic rings. The zero-order valence-corrected chi connectivity index (χ0v) is 23.7. The van der Waals surface area contributed by atoms with Crippen LogP contribution in [-0.4, -0.2) is 79.4 Å². The average Bonchev–Trinajstić information content (AvgIpc) is 3.62. The summed E-state index contributed by atoms with van der Waals surface area (Å²) in [6.45, 7) is 1.22. The number of urea groups is 1. The van der Waals surface area contributed by atoms with Gasteiger partial charge in [0.2, 0.25) is 6.10 Å². The van der Waals surface area contributed by atoms with Gasteiger partial charge in [-0.1, -0.05) is 12.1 Å². The fourth-order valence-corrected chi connectivity index (χ4v) is 6.41. The van der Waals surface area contributed by atoms with Crippen molar-refractivity contribution in [3.63, 3.8) is 0 Å². The molecule has 0 aromatic heterocycles. The fourth-order valence-electron chi connectivity index (χ4n) is 6.41. The van der Waals surface area contributed by atoms with Gasteiger partial charge in [-0.2, -0.15) is 0 Å². The van der Waals surface area contributed by atoms with Gasteiger partial charge in [-0.25, -0.2) is 37.2 Å². The number of methoxy groups -OCH3 is 2. The monoisotopic (exact) mass is 603 g/mol. The Morgan fingerprint density at radius 3 is 2.35 bits per heavy atom. The quantitative estimate of drug-likeness (QED) is 0.381. The summed E-state index contributed by atoms with van der Waals surface area (Å²) in [4.78, 5) is 53.6. The van der Waals surface area contributed by atoms with Crippen molar-refractivity contribution < 1.29 is 46.6 Å². The van der Waals surface area contributed by atoms with Gasteiger partial charge in [0, 0.05) is 25.2 Å². The zero-order valence-electron chi connectivity index (χ0n) is 23.7. The Labute approximate surface area is 246 Å². The van der Waals surface area contributed by atoms with Crippen molar-refractivity contribution in [3.05, 3.63) is 70.5 Å². The van der Waals surface area contributed by atoms with Gasteiger partial charge in [-0.15, -0.1) is 0 Å². The van der Waals surface area contributed by atoms with Crippen molar-refractivity contribution in [2.75, 3.05) is 27.3 Å².